The molecule has 6 heteroatoms. The first-order valence-electron chi connectivity index (χ1n) is 7.18. The largest absolute Gasteiger partial charge is 0.268 e. The van der Waals surface area contributed by atoms with E-state index in [1.165, 1.54) is 3.97 Å². The molecule has 0 aliphatic heterocycles. The monoisotopic (exact) mass is 463 g/mol. The Morgan fingerprint density at radius 1 is 0.708 bits per heavy atom. The summed E-state index contributed by atoms with van der Waals surface area (Å²) in [5.41, 5.74) is 1.32. The average Bonchev–Trinajstić information content (AvgIpc) is 2.89. The van der Waals surface area contributed by atoms with Crippen molar-refractivity contribution < 1.29 is 8.42 Å². The van der Waals surface area contributed by atoms with Crippen LogP contribution in [0.5, 0.6) is 0 Å². The second-order valence-electron chi connectivity index (χ2n) is 5.41. The number of fused-ring (bicyclic) bond motifs is 3. The Labute approximate surface area is 156 Å². The van der Waals surface area contributed by atoms with Gasteiger partial charge < -0.3 is 0 Å². The Morgan fingerprint density at radius 2 is 1.21 bits per heavy atom. The molecule has 0 aliphatic carbocycles. The van der Waals surface area contributed by atoms with Gasteiger partial charge in [0.2, 0.25) is 0 Å². The van der Waals surface area contributed by atoms with Crippen LogP contribution in [0.4, 0.5) is 0 Å². The molecule has 0 radical (unpaired) electrons. The molecule has 1 aromatic heterocycles. The van der Waals surface area contributed by atoms with E-state index in [9.17, 15) is 8.42 Å². The maximum Gasteiger partial charge on any atom is 0.268 e. The average molecular weight is 465 g/mol. The molecule has 0 unspecified atom stereocenters. The molecule has 1 heterocycles. The van der Waals surface area contributed by atoms with Gasteiger partial charge >= 0.3 is 0 Å². The Kier molecular flexibility index (Phi) is 3.78. The Bertz CT molecular complexity index is 1120. The predicted octanol–water partition coefficient (Wildman–Crippen LogP) is 5.56. The highest BCUT2D eigenvalue weighted by Crippen LogP contribution is 2.35. The van der Waals surface area contributed by atoms with Gasteiger partial charge in [0.15, 0.2) is 0 Å². The first-order chi connectivity index (χ1) is 11.5. The molecule has 0 aliphatic rings. The normalized spacial score (nSPS) is 12.1. The van der Waals surface area contributed by atoms with Crippen molar-refractivity contribution in [2.75, 3.05) is 0 Å². The minimum Gasteiger partial charge on any atom is -0.233 e. The fourth-order valence-corrected chi connectivity index (χ4v) is 5.16. The van der Waals surface area contributed by atoms with Gasteiger partial charge in [0.1, 0.15) is 0 Å². The Balaban J connectivity index is 2.19. The van der Waals surface area contributed by atoms with Gasteiger partial charge in [-0.05, 0) is 48.5 Å². The van der Waals surface area contributed by atoms with Crippen molar-refractivity contribution in [1.82, 2.24) is 3.97 Å². The second kappa shape index (κ2) is 5.72. The molecule has 4 rings (SSSR count). The van der Waals surface area contributed by atoms with Crippen LogP contribution in [0, 0.1) is 0 Å². The first-order valence-corrected chi connectivity index (χ1v) is 10.2. The zero-order valence-corrected chi connectivity index (χ0v) is 16.3. The highest BCUT2D eigenvalue weighted by atomic mass is 79.9. The van der Waals surface area contributed by atoms with Crippen LogP contribution in [0.3, 0.4) is 0 Å². The van der Waals surface area contributed by atoms with Gasteiger partial charge in [0.05, 0.1) is 15.9 Å². The van der Waals surface area contributed by atoms with Crippen LogP contribution in [0.15, 0.2) is 80.6 Å². The van der Waals surface area contributed by atoms with Crippen LogP contribution in [0.25, 0.3) is 21.8 Å². The number of nitrogens with zero attached hydrogens (tertiary/aromatic N) is 1. The van der Waals surface area contributed by atoms with Crippen molar-refractivity contribution in [3.05, 3.63) is 75.7 Å². The highest BCUT2D eigenvalue weighted by molar-refractivity contribution is 9.10. The number of benzene rings is 3. The van der Waals surface area contributed by atoms with E-state index in [2.05, 4.69) is 31.9 Å². The molecule has 3 aromatic carbocycles. The quantitative estimate of drug-likeness (QED) is 0.389. The van der Waals surface area contributed by atoms with Gasteiger partial charge in [-0.3, -0.25) is 0 Å². The van der Waals surface area contributed by atoms with E-state index in [-0.39, 0.29) is 4.90 Å². The maximum absolute atomic E-state index is 13.2. The van der Waals surface area contributed by atoms with Crippen molar-refractivity contribution >= 4 is 63.7 Å². The van der Waals surface area contributed by atoms with Crippen LogP contribution < -0.4 is 0 Å². The molecule has 0 fully saturated rings. The second-order valence-corrected chi connectivity index (χ2v) is 9.02. The fraction of sp³-hybridized carbons (Fsp3) is 0. The topological polar surface area (TPSA) is 39.1 Å². The molecule has 0 atom stereocenters. The summed E-state index contributed by atoms with van der Waals surface area (Å²) >= 11 is 6.94. The number of hydrogen-bond donors (Lipinski definition) is 0. The number of rotatable bonds is 2. The predicted molar refractivity (Wildman–Crippen MR) is 104 cm³/mol. The molecular weight excluding hydrogens is 454 g/mol. The summed E-state index contributed by atoms with van der Waals surface area (Å²) in [4.78, 5) is 0.273. The molecule has 3 nitrogen and oxygen atoms in total. The molecule has 0 bridgehead atoms. The highest BCUT2D eigenvalue weighted by Gasteiger charge is 2.23. The minimum absolute atomic E-state index is 0.273. The van der Waals surface area contributed by atoms with Crippen LogP contribution in [-0.2, 0) is 10.0 Å². The van der Waals surface area contributed by atoms with E-state index in [1.807, 2.05) is 36.4 Å². The van der Waals surface area contributed by atoms with Crippen LogP contribution in [0.2, 0.25) is 0 Å². The van der Waals surface area contributed by atoms with Crippen molar-refractivity contribution in [2.45, 2.75) is 4.90 Å². The van der Waals surface area contributed by atoms with E-state index in [1.54, 1.807) is 30.3 Å². The molecule has 0 N–H and O–H groups in total. The van der Waals surface area contributed by atoms with Crippen molar-refractivity contribution in [3.63, 3.8) is 0 Å². The zero-order chi connectivity index (χ0) is 16.9. The van der Waals surface area contributed by atoms with Crippen molar-refractivity contribution in [2.24, 2.45) is 0 Å². The van der Waals surface area contributed by atoms with Gasteiger partial charge in [-0.25, -0.2) is 12.4 Å². The van der Waals surface area contributed by atoms with E-state index < -0.39 is 10.0 Å². The Hall–Kier alpha value is -1.63. The summed E-state index contributed by atoms with van der Waals surface area (Å²) in [6, 6.07) is 19.8. The van der Waals surface area contributed by atoms with Gasteiger partial charge in [0, 0.05) is 19.7 Å². The summed E-state index contributed by atoms with van der Waals surface area (Å²) in [6.45, 7) is 0. The minimum atomic E-state index is -3.69. The smallest absolute Gasteiger partial charge is 0.233 e. The standard InChI is InChI=1S/C18H11Br2NO2S/c19-12-6-8-17-15(10-12)16-11-13(20)7-9-18(16)21(17)24(22,23)14-4-2-1-3-5-14/h1-11H. The maximum atomic E-state index is 13.2. The SMILES string of the molecule is O=S(=O)(c1ccccc1)n1c2ccc(Br)cc2c2cc(Br)ccc21. The fourth-order valence-electron chi connectivity index (χ4n) is 2.89. The third kappa shape index (κ3) is 2.41. The molecule has 0 saturated heterocycles. The summed E-state index contributed by atoms with van der Waals surface area (Å²) in [5.74, 6) is 0. The van der Waals surface area contributed by atoms with Gasteiger partial charge in [-0.1, -0.05) is 50.1 Å². The number of hydrogen-bond acceptors (Lipinski definition) is 2. The molecule has 0 amide bonds. The van der Waals surface area contributed by atoms with Gasteiger partial charge in [0.25, 0.3) is 10.0 Å². The third-order valence-electron chi connectivity index (χ3n) is 3.93. The number of aromatic nitrogens is 1. The van der Waals surface area contributed by atoms with Crippen molar-refractivity contribution in [1.29, 1.82) is 0 Å². The summed E-state index contributed by atoms with van der Waals surface area (Å²) < 4.78 is 29.7. The molecule has 0 spiro atoms. The molecule has 0 saturated carbocycles. The van der Waals surface area contributed by atoms with Crippen LogP contribution in [0.1, 0.15) is 0 Å². The molecular formula is C18H11Br2NO2S. The lowest BCUT2D eigenvalue weighted by molar-refractivity contribution is 0.590. The lowest BCUT2D eigenvalue weighted by atomic mass is 10.2. The van der Waals surface area contributed by atoms with Crippen LogP contribution >= 0.6 is 31.9 Å². The molecule has 24 heavy (non-hydrogen) atoms. The van der Waals surface area contributed by atoms with E-state index in [0.29, 0.717) is 11.0 Å². The van der Waals surface area contributed by atoms with E-state index in [0.717, 1.165) is 19.7 Å². The van der Waals surface area contributed by atoms with Crippen LogP contribution in [-0.4, -0.2) is 12.4 Å². The lowest BCUT2D eigenvalue weighted by Gasteiger charge is -2.09. The van der Waals surface area contributed by atoms with E-state index in [4.69, 9.17) is 0 Å². The van der Waals surface area contributed by atoms with Crippen molar-refractivity contribution in [3.8, 4) is 0 Å². The summed E-state index contributed by atoms with van der Waals surface area (Å²) in [6.07, 6.45) is 0. The number of halogens is 2. The van der Waals surface area contributed by atoms with Gasteiger partial charge in [-0.2, -0.15) is 0 Å². The summed E-state index contributed by atoms with van der Waals surface area (Å²) in [5, 5.41) is 1.78. The lowest BCUT2D eigenvalue weighted by Crippen LogP contribution is -2.12. The zero-order valence-electron chi connectivity index (χ0n) is 12.3. The van der Waals surface area contributed by atoms with E-state index >= 15 is 0 Å². The molecule has 4 aromatic rings. The Morgan fingerprint density at radius 3 is 1.71 bits per heavy atom. The van der Waals surface area contributed by atoms with Gasteiger partial charge in [-0.15, -0.1) is 0 Å². The first kappa shape index (κ1) is 15.9. The molecule has 120 valence electrons. The third-order valence-corrected chi connectivity index (χ3v) is 6.65. The summed E-state index contributed by atoms with van der Waals surface area (Å²) in [7, 11) is -3.69.